The standard InChI is InChI=1S/C43H50/c1-29-13-15-31(16-14-29)22-33-27-42-25-32(21-30-11-9-8-10-12-30)26-43(42,28-33)39-24-35(41(5,6)7)18-20-37(39)36-19-17-34(23-38(36)42)40(2,3)4/h8-20,23-24,32-33H,21-22,25-28H2,1-7H3/t32?,33?,42-,43+. The smallest absolute Gasteiger partial charge is 0.00620 e. The van der Waals surface area contributed by atoms with Crippen molar-refractivity contribution in [3.63, 3.8) is 0 Å². The van der Waals surface area contributed by atoms with Crippen LogP contribution in [0.3, 0.4) is 0 Å². The van der Waals surface area contributed by atoms with Gasteiger partial charge in [-0.15, -0.1) is 0 Å². The molecule has 2 fully saturated rings. The van der Waals surface area contributed by atoms with E-state index in [2.05, 4.69) is 139 Å². The molecule has 4 atom stereocenters. The Morgan fingerprint density at radius 2 is 0.953 bits per heavy atom. The molecule has 0 N–H and O–H groups in total. The molecule has 0 aliphatic heterocycles. The van der Waals surface area contributed by atoms with Crippen LogP contribution < -0.4 is 0 Å². The molecule has 3 aliphatic rings. The van der Waals surface area contributed by atoms with E-state index in [0.29, 0.717) is 11.8 Å². The first-order valence-electron chi connectivity index (χ1n) is 16.8. The van der Waals surface area contributed by atoms with E-state index in [0.717, 1.165) is 0 Å². The van der Waals surface area contributed by atoms with Crippen molar-refractivity contribution in [2.75, 3.05) is 0 Å². The molecular weight excluding hydrogens is 516 g/mol. The summed E-state index contributed by atoms with van der Waals surface area (Å²) in [4.78, 5) is 0. The zero-order chi connectivity index (χ0) is 30.2. The average molecular weight is 567 g/mol. The van der Waals surface area contributed by atoms with Crippen molar-refractivity contribution in [3.8, 4) is 11.1 Å². The number of aryl methyl sites for hydroxylation is 1. The lowest BCUT2D eigenvalue weighted by Gasteiger charge is -2.48. The van der Waals surface area contributed by atoms with Gasteiger partial charge < -0.3 is 0 Å². The van der Waals surface area contributed by atoms with E-state index < -0.39 is 0 Å². The summed E-state index contributed by atoms with van der Waals surface area (Å²) >= 11 is 0. The number of hydrogen-bond acceptors (Lipinski definition) is 0. The molecule has 0 bridgehead atoms. The molecular formula is C43H50. The molecule has 0 amide bonds. The van der Waals surface area contributed by atoms with Crippen molar-refractivity contribution in [1.82, 2.24) is 0 Å². The maximum absolute atomic E-state index is 2.67. The van der Waals surface area contributed by atoms with Crippen molar-refractivity contribution in [1.29, 1.82) is 0 Å². The summed E-state index contributed by atoms with van der Waals surface area (Å²) in [6.45, 7) is 16.5. The van der Waals surface area contributed by atoms with Crippen molar-refractivity contribution in [2.45, 2.75) is 109 Å². The highest BCUT2D eigenvalue weighted by atomic mass is 14.7. The van der Waals surface area contributed by atoms with E-state index in [9.17, 15) is 0 Å². The molecule has 0 saturated heterocycles. The first-order valence-corrected chi connectivity index (χ1v) is 16.8. The number of hydrogen-bond donors (Lipinski definition) is 0. The van der Waals surface area contributed by atoms with E-state index in [1.165, 1.54) is 77.5 Å². The monoisotopic (exact) mass is 566 g/mol. The third-order valence-corrected chi connectivity index (χ3v) is 11.6. The van der Waals surface area contributed by atoms with Crippen LogP contribution in [0.1, 0.15) is 106 Å². The van der Waals surface area contributed by atoms with Crippen LogP contribution >= 0.6 is 0 Å². The molecule has 0 heteroatoms. The summed E-state index contributed by atoms with van der Waals surface area (Å²) in [7, 11) is 0. The zero-order valence-corrected chi connectivity index (χ0v) is 27.6. The van der Waals surface area contributed by atoms with Gasteiger partial charge in [-0.25, -0.2) is 0 Å². The van der Waals surface area contributed by atoms with Crippen LogP contribution in [-0.2, 0) is 34.5 Å². The topological polar surface area (TPSA) is 0 Å². The van der Waals surface area contributed by atoms with Gasteiger partial charge in [-0.1, -0.05) is 138 Å². The number of fused-ring (bicyclic) bond motifs is 3. The molecule has 0 aromatic heterocycles. The molecule has 0 nitrogen and oxygen atoms in total. The van der Waals surface area contributed by atoms with Crippen molar-refractivity contribution in [3.05, 3.63) is 130 Å². The number of benzene rings is 4. The van der Waals surface area contributed by atoms with Crippen LogP contribution in [0.15, 0.2) is 91.0 Å². The molecule has 7 rings (SSSR count). The van der Waals surface area contributed by atoms with Crippen LogP contribution in [0.5, 0.6) is 0 Å². The van der Waals surface area contributed by atoms with Crippen LogP contribution in [0.4, 0.5) is 0 Å². The van der Waals surface area contributed by atoms with Crippen LogP contribution in [0.25, 0.3) is 11.1 Å². The third kappa shape index (κ3) is 4.72. The molecule has 0 radical (unpaired) electrons. The van der Waals surface area contributed by atoms with Gasteiger partial charge in [-0.3, -0.25) is 0 Å². The van der Waals surface area contributed by atoms with Gasteiger partial charge in [0.1, 0.15) is 0 Å². The largest absolute Gasteiger partial charge is 0.0622 e. The fourth-order valence-electron chi connectivity index (χ4n) is 9.60. The summed E-state index contributed by atoms with van der Waals surface area (Å²) in [5.74, 6) is 1.38. The molecule has 222 valence electrons. The average Bonchev–Trinajstić information content (AvgIpc) is 3.44. The SMILES string of the molecule is Cc1ccc(CC2C[C@]34CC(Cc5ccccc5)C[C@@]3(C2)c2cc(C(C)(C)C)ccc2-c2ccc(C(C)(C)C)cc24)cc1. The lowest BCUT2D eigenvalue weighted by Crippen LogP contribution is -2.44. The third-order valence-electron chi connectivity index (χ3n) is 11.6. The van der Waals surface area contributed by atoms with E-state index in [1.807, 2.05) is 0 Å². The predicted octanol–water partition coefficient (Wildman–Crippen LogP) is 11.1. The van der Waals surface area contributed by atoms with Crippen LogP contribution in [0.2, 0.25) is 0 Å². The van der Waals surface area contributed by atoms with Crippen molar-refractivity contribution in [2.24, 2.45) is 11.8 Å². The van der Waals surface area contributed by atoms with E-state index >= 15 is 0 Å². The summed E-state index contributed by atoms with van der Waals surface area (Å²) in [5, 5.41) is 0. The second-order valence-electron chi connectivity index (χ2n) is 16.6. The molecule has 4 aromatic rings. The fraction of sp³-hybridized carbons (Fsp3) is 0.442. The van der Waals surface area contributed by atoms with Crippen LogP contribution in [-0.4, -0.2) is 0 Å². The molecule has 43 heavy (non-hydrogen) atoms. The quantitative estimate of drug-likeness (QED) is 0.230. The highest BCUT2D eigenvalue weighted by molar-refractivity contribution is 5.80. The predicted molar refractivity (Wildman–Crippen MR) is 183 cm³/mol. The van der Waals surface area contributed by atoms with E-state index in [1.54, 1.807) is 11.1 Å². The minimum absolute atomic E-state index is 0.132. The Labute approximate surface area is 261 Å². The van der Waals surface area contributed by atoms with Gasteiger partial charge in [0.25, 0.3) is 0 Å². The molecule has 2 unspecified atom stereocenters. The first kappa shape index (κ1) is 28.6. The molecule has 3 aliphatic carbocycles. The van der Waals surface area contributed by atoms with Gasteiger partial charge in [0.05, 0.1) is 0 Å². The number of rotatable bonds is 4. The Balaban J connectivity index is 1.43. The normalized spacial score (nSPS) is 26.0. The Morgan fingerprint density at radius 1 is 0.535 bits per heavy atom. The maximum Gasteiger partial charge on any atom is 0.00620 e. The van der Waals surface area contributed by atoms with Gasteiger partial charge in [0.15, 0.2) is 0 Å². The van der Waals surface area contributed by atoms with E-state index in [-0.39, 0.29) is 21.7 Å². The first-order chi connectivity index (χ1) is 20.4. The highest BCUT2D eigenvalue weighted by Gasteiger charge is 2.66. The minimum atomic E-state index is 0.132. The Hall–Kier alpha value is -3.12. The summed E-state index contributed by atoms with van der Waals surface area (Å²) in [5.41, 5.74) is 14.3. The fourth-order valence-corrected chi connectivity index (χ4v) is 9.60. The second kappa shape index (κ2) is 9.95. The summed E-state index contributed by atoms with van der Waals surface area (Å²) in [6, 6.07) is 35.9. The summed E-state index contributed by atoms with van der Waals surface area (Å²) < 4.78 is 0. The lowest BCUT2D eigenvalue weighted by atomic mass is 9.54. The Bertz CT molecular complexity index is 1560. The van der Waals surface area contributed by atoms with Crippen molar-refractivity contribution >= 4 is 0 Å². The Morgan fingerprint density at radius 3 is 1.37 bits per heavy atom. The highest BCUT2D eigenvalue weighted by Crippen LogP contribution is 2.72. The van der Waals surface area contributed by atoms with Gasteiger partial charge in [0.2, 0.25) is 0 Å². The summed E-state index contributed by atoms with van der Waals surface area (Å²) in [6.07, 6.45) is 7.57. The molecule has 4 aromatic carbocycles. The van der Waals surface area contributed by atoms with Gasteiger partial charge in [-0.05, 0) is 113 Å². The minimum Gasteiger partial charge on any atom is -0.0622 e. The Kier molecular flexibility index (Phi) is 6.63. The lowest BCUT2D eigenvalue weighted by molar-refractivity contribution is 0.298. The van der Waals surface area contributed by atoms with Gasteiger partial charge in [0, 0.05) is 10.8 Å². The zero-order valence-electron chi connectivity index (χ0n) is 27.6. The van der Waals surface area contributed by atoms with E-state index in [4.69, 9.17) is 0 Å². The maximum atomic E-state index is 2.67. The van der Waals surface area contributed by atoms with Crippen LogP contribution in [0, 0.1) is 18.8 Å². The molecule has 0 heterocycles. The molecule has 0 spiro atoms. The molecule has 2 saturated carbocycles. The van der Waals surface area contributed by atoms with Gasteiger partial charge >= 0.3 is 0 Å². The second-order valence-corrected chi connectivity index (χ2v) is 16.6. The van der Waals surface area contributed by atoms with Gasteiger partial charge in [-0.2, -0.15) is 0 Å². The van der Waals surface area contributed by atoms with Crippen molar-refractivity contribution < 1.29 is 0 Å².